The highest BCUT2D eigenvalue weighted by Crippen LogP contribution is 2.11. The van der Waals surface area contributed by atoms with Crippen molar-refractivity contribution >= 4 is 9.04 Å². The molecule has 0 bridgehead atoms. The standard InChI is InChI=1S/C9H14OSi/c1-8-4-6-9(7-5-8)10-11(2)3/h4-7,11H,1-3H3. The van der Waals surface area contributed by atoms with Crippen molar-refractivity contribution in [2.45, 2.75) is 20.0 Å². The maximum absolute atomic E-state index is 5.61. The van der Waals surface area contributed by atoms with Crippen LogP contribution in [-0.2, 0) is 0 Å². The van der Waals surface area contributed by atoms with Gasteiger partial charge in [-0.05, 0) is 32.2 Å². The van der Waals surface area contributed by atoms with Gasteiger partial charge in [-0.2, -0.15) is 0 Å². The fraction of sp³-hybridized carbons (Fsp3) is 0.333. The lowest BCUT2D eigenvalue weighted by molar-refractivity contribution is 0.580. The van der Waals surface area contributed by atoms with Crippen LogP contribution in [0.4, 0.5) is 0 Å². The van der Waals surface area contributed by atoms with Gasteiger partial charge in [-0.25, -0.2) is 0 Å². The fourth-order valence-electron chi connectivity index (χ4n) is 0.889. The maximum atomic E-state index is 5.61. The summed E-state index contributed by atoms with van der Waals surface area (Å²) < 4.78 is 5.61. The van der Waals surface area contributed by atoms with Gasteiger partial charge in [-0.3, -0.25) is 0 Å². The monoisotopic (exact) mass is 166 g/mol. The number of rotatable bonds is 2. The first kappa shape index (κ1) is 8.33. The lowest BCUT2D eigenvalue weighted by atomic mass is 10.2. The van der Waals surface area contributed by atoms with Crippen molar-refractivity contribution in [3.63, 3.8) is 0 Å². The van der Waals surface area contributed by atoms with Crippen LogP contribution in [0.25, 0.3) is 0 Å². The number of benzene rings is 1. The minimum absolute atomic E-state index is 0.913. The minimum Gasteiger partial charge on any atom is -0.547 e. The average Bonchev–Trinajstić information content (AvgIpc) is 1.93. The summed E-state index contributed by atoms with van der Waals surface area (Å²) >= 11 is 0. The molecule has 0 saturated carbocycles. The highest BCUT2D eigenvalue weighted by molar-refractivity contribution is 6.49. The molecule has 11 heavy (non-hydrogen) atoms. The van der Waals surface area contributed by atoms with Gasteiger partial charge in [0.05, 0.1) is 0 Å². The van der Waals surface area contributed by atoms with Gasteiger partial charge in [0.2, 0.25) is 9.04 Å². The van der Waals surface area contributed by atoms with E-state index < -0.39 is 9.04 Å². The first-order valence-electron chi connectivity index (χ1n) is 3.92. The van der Waals surface area contributed by atoms with Gasteiger partial charge in [0, 0.05) is 0 Å². The van der Waals surface area contributed by atoms with E-state index in [2.05, 4.69) is 32.2 Å². The van der Waals surface area contributed by atoms with Crippen LogP contribution in [0.3, 0.4) is 0 Å². The fourth-order valence-corrected chi connectivity index (χ4v) is 1.59. The van der Waals surface area contributed by atoms with Crippen molar-refractivity contribution in [1.82, 2.24) is 0 Å². The van der Waals surface area contributed by atoms with Crippen LogP contribution >= 0.6 is 0 Å². The van der Waals surface area contributed by atoms with Crippen LogP contribution in [-0.4, -0.2) is 9.04 Å². The Balaban J connectivity index is 2.66. The molecule has 0 spiro atoms. The van der Waals surface area contributed by atoms with E-state index in [1.165, 1.54) is 5.56 Å². The molecule has 0 heterocycles. The summed E-state index contributed by atoms with van der Waals surface area (Å²) in [5.74, 6) is 1.01. The van der Waals surface area contributed by atoms with Crippen LogP contribution in [0.15, 0.2) is 24.3 Å². The van der Waals surface area contributed by atoms with Gasteiger partial charge in [-0.15, -0.1) is 0 Å². The third kappa shape index (κ3) is 2.76. The molecule has 0 atom stereocenters. The third-order valence-electron chi connectivity index (χ3n) is 1.39. The Hall–Kier alpha value is -0.763. The van der Waals surface area contributed by atoms with E-state index >= 15 is 0 Å². The van der Waals surface area contributed by atoms with E-state index in [0.29, 0.717) is 0 Å². The molecule has 0 aromatic heterocycles. The van der Waals surface area contributed by atoms with Gasteiger partial charge in [0.1, 0.15) is 5.75 Å². The van der Waals surface area contributed by atoms with E-state index in [9.17, 15) is 0 Å². The Labute approximate surface area is 69.7 Å². The Bertz CT molecular complexity index is 216. The quantitative estimate of drug-likeness (QED) is 0.613. The molecule has 0 aliphatic heterocycles. The molecule has 1 nitrogen and oxygen atoms in total. The maximum Gasteiger partial charge on any atom is 0.229 e. The molecule has 0 aliphatic rings. The van der Waals surface area contributed by atoms with Gasteiger partial charge < -0.3 is 4.43 Å². The summed E-state index contributed by atoms with van der Waals surface area (Å²) in [4.78, 5) is 0. The summed E-state index contributed by atoms with van der Waals surface area (Å²) in [5, 5.41) is 0. The zero-order chi connectivity index (χ0) is 8.27. The van der Waals surface area contributed by atoms with Gasteiger partial charge in [0.25, 0.3) is 0 Å². The second kappa shape index (κ2) is 3.58. The highest BCUT2D eigenvalue weighted by atomic mass is 28.3. The lowest BCUT2D eigenvalue weighted by Crippen LogP contribution is -2.10. The Kier molecular flexibility index (Phi) is 2.71. The van der Waals surface area contributed by atoms with Crippen LogP contribution in [0.2, 0.25) is 13.1 Å². The zero-order valence-electron chi connectivity index (χ0n) is 7.29. The summed E-state index contributed by atoms with van der Waals surface area (Å²) in [7, 11) is -0.913. The predicted molar refractivity (Wildman–Crippen MR) is 50.7 cm³/mol. The summed E-state index contributed by atoms with van der Waals surface area (Å²) in [6.07, 6.45) is 0. The summed E-state index contributed by atoms with van der Waals surface area (Å²) in [6.45, 7) is 6.41. The molecule has 1 rings (SSSR count). The normalized spacial score (nSPS) is 10.2. The molecular weight excluding hydrogens is 152 g/mol. The van der Waals surface area contributed by atoms with E-state index in [1.54, 1.807) is 0 Å². The highest BCUT2D eigenvalue weighted by Gasteiger charge is 1.96. The molecule has 0 fully saturated rings. The topological polar surface area (TPSA) is 9.23 Å². The first-order valence-corrected chi connectivity index (χ1v) is 6.70. The molecule has 0 radical (unpaired) electrons. The largest absolute Gasteiger partial charge is 0.547 e. The van der Waals surface area contributed by atoms with Gasteiger partial charge >= 0.3 is 0 Å². The summed E-state index contributed by atoms with van der Waals surface area (Å²) in [6, 6.07) is 8.21. The van der Waals surface area contributed by atoms with Crippen LogP contribution < -0.4 is 4.43 Å². The molecule has 2 heteroatoms. The van der Waals surface area contributed by atoms with Crippen molar-refractivity contribution in [3.05, 3.63) is 29.8 Å². The first-order chi connectivity index (χ1) is 5.18. The van der Waals surface area contributed by atoms with Crippen LogP contribution in [0, 0.1) is 6.92 Å². The number of hydrogen-bond acceptors (Lipinski definition) is 1. The molecule has 1 aromatic carbocycles. The van der Waals surface area contributed by atoms with Crippen molar-refractivity contribution < 1.29 is 4.43 Å². The van der Waals surface area contributed by atoms with Crippen LogP contribution in [0.5, 0.6) is 5.75 Å². The lowest BCUT2D eigenvalue weighted by Gasteiger charge is -2.08. The smallest absolute Gasteiger partial charge is 0.229 e. The Morgan fingerprint density at radius 3 is 2.09 bits per heavy atom. The molecule has 60 valence electrons. The Morgan fingerprint density at radius 2 is 1.64 bits per heavy atom. The molecule has 0 saturated heterocycles. The molecule has 0 aliphatic carbocycles. The third-order valence-corrected chi connectivity index (χ3v) is 2.14. The molecule has 0 unspecified atom stereocenters. The van der Waals surface area contributed by atoms with E-state index in [0.717, 1.165) is 5.75 Å². The molecule has 0 amide bonds. The summed E-state index contributed by atoms with van der Waals surface area (Å²) in [5.41, 5.74) is 1.28. The van der Waals surface area contributed by atoms with E-state index in [-0.39, 0.29) is 0 Å². The number of hydrogen-bond donors (Lipinski definition) is 0. The molecule has 1 aromatic rings. The average molecular weight is 166 g/mol. The second-order valence-corrected chi connectivity index (χ2v) is 5.31. The SMILES string of the molecule is Cc1ccc(O[SiH](C)C)cc1. The molecule has 0 N–H and O–H groups in total. The molecular formula is C9H14OSi. The van der Waals surface area contributed by atoms with Crippen molar-refractivity contribution in [1.29, 1.82) is 0 Å². The van der Waals surface area contributed by atoms with Crippen molar-refractivity contribution in [3.8, 4) is 5.75 Å². The zero-order valence-corrected chi connectivity index (χ0v) is 8.45. The Morgan fingerprint density at radius 1 is 1.09 bits per heavy atom. The van der Waals surface area contributed by atoms with E-state index in [1.807, 2.05) is 12.1 Å². The van der Waals surface area contributed by atoms with Crippen molar-refractivity contribution in [2.75, 3.05) is 0 Å². The number of aryl methyl sites for hydroxylation is 1. The van der Waals surface area contributed by atoms with Gasteiger partial charge in [-0.1, -0.05) is 17.7 Å². The minimum atomic E-state index is -0.913. The predicted octanol–water partition coefficient (Wildman–Crippen LogP) is 2.36. The van der Waals surface area contributed by atoms with Gasteiger partial charge in [0.15, 0.2) is 0 Å². The van der Waals surface area contributed by atoms with Crippen molar-refractivity contribution in [2.24, 2.45) is 0 Å². The van der Waals surface area contributed by atoms with Crippen LogP contribution in [0.1, 0.15) is 5.56 Å². The second-order valence-electron chi connectivity index (χ2n) is 2.98. The van der Waals surface area contributed by atoms with E-state index in [4.69, 9.17) is 4.43 Å².